The number of Topliss-reactive ketones (excluding diaryl/α,β-unsaturated/α-hetero) is 1. The number of ketones is 1. The van der Waals surface area contributed by atoms with Crippen molar-refractivity contribution in [1.82, 2.24) is 9.38 Å². The molecule has 2 rings (SSSR count). The van der Waals surface area contributed by atoms with E-state index in [-0.39, 0.29) is 11.2 Å². The van der Waals surface area contributed by atoms with Gasteiger partial charge >= 0.3 is 6.18 Å². The largest absolute Gasteiger partial charge is 0.450 e. The maximum Gasteiger partial charge on any atom is 0.450 e. The number of rotatable bonds is 1. The summed E-state index contributed by atoms with van der Waals surface area (Å²) in [4.78, 5) is 14.7. The Morgan fingerprint density at radius 2 is 2.00 bits per heavy atom. The lowest BCUT2D eigenvalue weighted by Gasteiger charge is -2.07. The Balaban J connectivity index is 2.91. The minimum Gasteiger partial charge on any atom is -0.293 e. The van der Waals surface area contributed by atoms with Gasteiger partial charge < -0.3 is 0 Å². The number of halogens is 3. The Bertz CT molecular complexity index is 599. The summed E-state index contributed by atoms with van der Waals surface area (Å²) >= 11 is 0. The lowest BCUT2D eigenvalue weighted by Crippen LogP contribution is -2.12. The first kappa shape index (κ1) is 11.6. The maximum atomic E-state index is 12.8. The van der Waals surface area contributed by atoms with E-state index in [9.17, 15) is 18.0 Å². The van der Waals surface area contributed by atoms with Gasteiger partial charge in [-0.2, -0.15) is 13.2 Å². The van der Waals surface area contributed by atoms with Crippen LogP contribution in [0.1, 0.15) is 28.9 Å². The van der Waals surface area contributed by atoms with Crippen LogP contribution in [0.15, 0.2) is 18.2 Å². The topological polar surface area (TPSA) is 34.4 Å². The van der Waals surface area contributed by atoms with E-state index in [1.807, 2.05) is 0 Å². The standard InChI is InChI=1S/C11H9F3N2O/c1-6-4-3-5-8-9(7(2)17)15-10(16(6)8)11(12,13)14/h3-5H,1-2H3. The monoisotopic (exact) mass is 242 g/mol. The Hall–Kier alpha value is -1.85. The summed E-state index contributed by atoms with van der Waals surface area (Å²) in [5.41, 5.74) is 0.417. The Morgan fingerprint density at radius 3 is 2.53 bits per heavy atom. The first-order chi connectivity index (χ1) is 7.82. The number of aryl methyl sites for hydroxylation is 1. The van der Waals surface area contributed by atoms with E-state index in [1.54, 1.807) is 6.07 Å². The molecule has 0 bridgehead atoms. The molecule has 0 amide bonds. The van der Waals surface area contributed by atoms with Gasteiger partial charge in [-0.15, -0.1) is 0 Å². The Kier molecular flexibility index (Phi) is 2.45. The van der Waals surface area contributed by atoms with Crippen LogP contribution in [0.25, 0.3) is 5.52 Å². The normalized spacial score (nSPS) is 12.1. The third-order valence-corrected chi connectivity index (χ3v) is 2.44. The van der Waals surface area contributed by atoms with Gasteiger partial charge in [0.1, 0.15) is 5.69 Å². The number of nitrogens with zero attached hydrogens (tertiary/aromatic N) is 2. The first-order valence-electron chi connectivity index (χ1n) is 4.88. The number of alkyl halides is 3. The number of hydrogen-bond donors (Lipinski definition) is 0. The summed E-state index contributed by atoms with van der Waals surface area (Å²) in [6.07, 6.45) is -4.58. The molecule has 0 spiro atoms. The average Bonchev–Trinajstić information content (AvgIpc) is 2.57. The van der Waals surface area contributed by atoms with Crippen molar-refractivity contribution in [2.75, 3.05) is 0 Å². The fourth-order valence-corrected chi connectivity index (χ4v) is 1.75. The van der Waals surface area contributed by atoms with Crippen molar-refractivity contribution in [1.29, 1.82) is 0 Å². The zero-order valence-corrected chi connectivity index (χ0v) is 9.17. The van der Waals surface area contributed by atoms with Crippen LogP contribution in [0.2, 0.25) is 0 Å². The van der Waals surface area contributed by atoms with Gasteiger partial charge in [0.25, 0.3) is 0 Å². The Labute approximate surface area is 94.9 Å². The highest BCUT2D eigenvalue weighted by Gasteiger charge is 2.38. The quantitative estimate of drug-likeness (QED) is 0.720. The van der Waals surface area contributed by atoms with E-state index in [4.69, 9.17) is 0 Å². The van der Waals surface area contributed by atoms with Crippen LogP contribution < -0.4 is 0 Å². The van der Waals surface area contributed by atoms with Crippen molar-refractivity contribution in [3.05, 3.63) is 35.4 Å². The summed E-state index contributed by atoms with van der Waals surface area (Å²) in [6.45, 7) is 2.73. The van der Waals surface area contributed by atoms with Gasteiger partial charge in [0.05, 0.1) is 5.52 Å². The van der Waals surface area contributed by atoms with E-state index in [0.29, 0.717) is 5.69 Å². The van der Waals surface area contributed by atoms with Gasteiger partial charge in [0.2, 0.25) is 5.82 Å². The molecular formula is C11H9F3N2O. The molecule has 6 heteroatoms. The Morgan fingerprint density at radius 1 is 1.35 bits per heavy atom. The van der Waals surface area contributed by atoms with Crippen molar-refractivity contribution >= 4 is 11.3 Å². The second kappa shape index (κ2) is 3.58. The zero-order chi connectivity index (χ0) is 12.8. The molecule has 0 N–H and O–H groups in total. The van der Waals surface area contributed by atoms with Crippen LogP contribution in [0.5, 0.6) is 0 Å². The molecule has 0 saturated carbocycles. The molecule has 0 aliphatic heterocycles. The van der Waals surface area contributed by atoms with Gasteiger partial charge in [-0.3, -0.25) is 9.20 Å². The van der Waals surface area contributed by atoms with E-state index in [0.717, 1.165) is 4.40 Å². The van der Waals surface area contributed by atoms with E-state index in [2.05, 4.69) is 4.98 Å². The van der Waals surface area contributed by atoms with Crippen molar-refractivity contribution < 1.29 is 18.0 Å². The number of hydrogen-bond acceptors (Lipinski definition) is 2. The lowest BCUT2D eigenvalue weighted by atomic mass is 10.2. The molecule has 90 valence electrons. The highest BCUT2D eigenvalue weighted by atomic mass is 19.4. The van der Waals surface area contributed by atoms with Crippen LogP contribution in [0.3, 0.4) is 0 Å². The highest BCUT2D eigenvalue weighted by Crippen LogP contribution is 2.31. The summed E-state index contributed by atoms with van der Waals surface area (Å²) < 4.78 is 39.3. The molecule has 0 unspecified atom stereocenters. The number of imidazole rings is 1. The average molecular weight is 242 g/mol. The number of pyridine rings is 1. The zero-order valence-electron chi connectivity index (χ0n) is 9.17. The fourth-order valence-electron chi connectivity index (χ4n) is 1.75. The highest BCUT2D eigenvalue weighted by molar-refractivity contribution is 5.99. The van der Waals surface area contributed by atoms with Gasteiger partial charge in [0, 0.05) is 12.6 Å². The van der Waals surface area contributed by atoms with Crippen LogP contribution in [0, 0.1) is 6.92 Å². The maximum absolute atomic E-state index is 12.8. The van der Waals surface area contributed by atoms with Gasteiger partial charge in [0.15, 0.2) is 5.78 Å². The van der Waals surface area contributed by atoms with Crippen LogP contribution >= 0.6 is 0 Å². The summed E-state index contributed by atoms with van der Waals surface area (Å²) in [7, 11) is 0. The summed E-state index contributed by atoms with van der Waals surface area (Å²) in [5, 5.41) is 0. The molecule has 0 atom stereocenters. The van der Waals surface area contributed by atoms with Crippen molar-refractivity contribution in [2.24, 2.45) is 0 Å². The van der Waals surface area contributed by atoms with Crippen molar-refractivity contribution in [3.63, 3.8) is 0 Å². The minimum absolute atomic E-state index is 0.152. The predicted molar refractivity (Wildman–Crippen MR) is 54.9 cm³/mol. The summed E-state index contributed by atoms with van der Waals surface area (Å²) in [6, 6.07) is 4.58. The van der Waals surface area contributed by atoms with Gasteiger partial charge in [-0.1, -0.05) is 6.07 Å². The number of carbonyl (C=O) groups is 1. The second-order valence-corrected chi connectivity index (χ2v) is 3.73. The third-order valence-electron chi connectivity index (χ3n) is 2.44. The number of carbonyl (C=O) groups excluding carboxylic acids is 1. The van der Waals surface area contributed by atoms with Crippen molar-refractivity contribution in [2.45, 2.75) is 20.0 Å². The molecule has 2 aromatic heterocycles. The number of aromatic nitrogens is 2. The molecule has 0 aliphatic rings. The first-order valence-corrected chi connectivity index (χ1v) is 4.88. The molecule has 0 aliphatic carbocycles. The molecule has 0 saturated heterocycles. The van der Waals surface area contributed by atoms with Crippen LogP contribution in [0.4, 0.5) is 13.2 Å². The molecule has 2 heterocycles. The second-order valence-electron chi connectivity index (χ2n) is 3.73. The molecule has 17 heavy (non-hydrogen) atoms. The smallest absolute Gasteiger partial charge is 0.293 e. The van der Waals surface area contributed by atoms with Gasteiger partial charge in [-0.05, 0) is 19.1 Å². The lowest BCUT2D eigenvalue weighted by molar-refractivity contribution is -0.145. The molecule has 3 nitrogen and oxygen atoms in total. The van der Waals surface area contributed by atoms with Crippen LogP contribution in [-0.2, 0) is 6.18 Å². The van der Waals surface area contributed by atoms with E-state index < -0.39 is 17.8 Å². The third kappa shape index (κ3) is 1.79. The fraction of sp³-hybridized carbons (Fsp3) is 0.273. The van der Waals surface area contributed by atoms with E-state index in [1.165, 1.54) is 26.0 Å². The molecule has 0 aromatic carbocycles. The van der Waals surface area contributed by atoms with E-state index >= 15 is 0 Å². The van der Waals surface area contributed by atoms with Crippen LogP contribution in [-0.4, -0.2) is 15.2 Å². The SMILES string of the molecule is CC(=O)c1nc(C(F)(F)F)n2c(C)cccc12. The summed E-state index contributed by atoms with van der Waals surface area (Å²) in [5.74, 6) is -1.54. The number of fused-ring (bicyclic) bond motifs is 1. The molecular weight excluding hydrogens is 233 g/mol. The predicted octanol–water partition coefficient (Wildman–Crippen LogP) is 2.86. The van der Waals surface area contributed by atoms with Crippen molar-refractivity contribution in [3.8, 4) is 0 Å². The minimum atomic E-state index is -4.58. The van der Waals surface area contributed by atoms with Gasteiger partial charge in [-0.25, -0.2) is 4.98 Å². The molecule has 0 radical (unpaired) electrons. The molecule has 2 aromatic rings. The molecule has 0 fully saturated rings.